The fourth-order valence-corrected chi connectivity index (χ4v) is 4.33. The zero-order chi connectivity index (χ0) is 18.8. The van der Waals surface area contributed by atoms with Crippen LogP contribution in [0.15, 0.2) is 41.3 Å². The molecule has 0 saturated heterocycles. The zero-order valence-corrected chi connectivity index (χ0v) is 16.3. The van der Waals surface area contributed by atoms with Crippen LogP contribution in [0.5, 0.6) is 0 Å². The zero-order valence-electron chi connectivity index (χ0n) is 14.6. The van der Waals surface area contributed by atoms with Crippen molar-refractivity contribution in [3.63, 3.8) is 0 Å². The third kappa shape index (κ3) is 4.73. The van der Waals surface area contributed by atoms with E-state index in [2.05, 4.69) is 9.44 Å². The number of benzene rings is 2. The number of rotatable bonds is 6. The van der Waals surface area contributed by atoms with Crippen LogP contribution >= 0.6 is 0 Å². The van der Waals surface area contributed by atoms with E-state index in [1.807, 2.05) is 32.9 Å². The summed E-state index contributed by atoms with van der Waals surface area (Å²) in [5.41, 5.74) is 3.62. The van der Waals surface area contributed by atoms with Gasteiger partial charge < -0.3 is 0 Å². The third-order valence-electron chi connectivity index (χ3n) is 3.73. The normalized spacial score (nSPS) is 12.0. The van der Waals surface area contributed by atoms with E-state index in [-0.39, 0.29) is 10.6 Å². The van der Waals surface area contributed by atoms with E-state index in [9.17, 15) is 16.8 Å². The number of sulfonamides is 2. The van der Waals surface area contributed by atoms with Crippen LogP contribution in [0.1, 0.15) is 23.6 Å². The van der Waals surface area contributed by atoms with Crippen LogP contribution in [-0.2, 0) is 20.0 Å². The lowest BCUT2D eigenvalue weighted by atomic mass is 10.1. The van der Waals surface area contributed by atoms with Gasteiger partial charge in [-0.05, 0) is 63.1 Å². The van der Waals surface area contributed by atoms with Crippen molar-refractivity contribution in [3.8, 4) is 0 Å². The Kier molecular flexibility index (Phi) is 5.43. The molecule has 0 atom stereocenters. The molecule has 2 aromatic carbocycles. The molecule has 0 aliphatic carbocycles. The van der Waals surface area contributed by atoms with Gasteiger partial charge in [-0.15, -0.1) is 0 Å². The molecule has 2 aromatic rings. The predicted octanol–water partition coefficient (Wildman–Crippen LogP) is 3.17. The standard InChI is InChI=1S/C17H22N2O4S2/c1-5-24(20,21)18-15-6-8-16(9-7-15)25(22,23)19-17-13(3)10-12(2)11-14(17)4/h6-11,18-19H,5H2,1-4H3. The monoisotopic (exact) mass is 382 g/mol. The van der Waals surface area contributed by atoms with Crippen molar-refractivity contribution in [1.82, 2.24) is 0 Å². The van der Waals surface area contributed by atoms with Crippen molar-refractivity contribution in [2.75, 3.05) is 15.2 Å². The molecule has 2 N–H and O–H groups in total. The van der Waals surface area contributed by atoms with Crippen molar-refractivity contribution in [1.29, 1.82) is 0 Å². The van der Waals surface area contributed by atoms with Gasteiger partial charge in [-0.3, -0.25) is 9.44 Å². The number of anilines is 2. The number of hydrogen-bond acceptors (Lipinski definition) is 4. The van der Waals surface area contributed by atoms with E-state index in [4.69, 9.17) is 0 Å². The molecule has 136 valence electrons. The van der Waals surface area contributed by atoms with Crippen LogP contribution < -0.4 is 9.44 Å². The van der Waals surface area contributed by atoms with Gasteiger partial charge in [0.1, 0.15) is 0 Å². The molecule has 0 aromatic heterocycles. The molecule has 0 fully saturated rings. The fourth-order valence-electron chi connectivity index (χ4n) is 2.49. The molecular weight excluding hydrogens is 360 g/mol. The van der Waals surface area contributed by atoms with Crippen molar-refractivity contribution in [2.45, 2.75) is 32.6 Å². The summed E-state index contributed by atoms with van der Waals surface area (Å²) < 4.78 is 53.3. The summed E-state index contributed by atoms with van der Waals surface area (Å²) in [5.74, 6) is -0.0550. The van der Waals surface area contributed by atoms with Crippen molar-refractivity contribution >= 4 is 31.4 Å². The first-order valence-corrected chi connectivity index (χ1v) is 10.9. The Balaban J connectivity index is 2.29. The van der Waals surface area contributed by atoms with Crippen LogP contribution in [0.4, 0.5) is 11.4 Å². The molecular formula is C17H22N2O4S2. The lowest BCUT2D eigenvalue weighted by molar-refractivity contribution is 0.600. The van der Waals surface area contributed by atoms with Crippen LogP contribution in [0, 0.1) is 20.8 Å². The van der Waals surface area contributed by atoms with Crippen LogP contribution in [0.25, 0.3) is 0 Å². The summed E-state index contributed by atoms with van der Waals surface area (Å²) in [4.78, 5) is 0.0614. The van der Waals surface area contributed by atoms with Gasteiger partial charge >= 0.3 is 0 Å². The van der Waals surface area contributed by atoms with Crippen molar-refractivity contribution in [2.24, 2.45) is 0 Å². The van der Waals surface area contributed by atoms with Gasteiger partial charge in [-0.1, -0.05) is 17.7 Å². The molecule has 0 aliphatic heterocycles. The molecule has 0 aliphatic rings. The van der Waals surface area contributed by atoms with E-state index in [0.717, 1.165) is 16.7 Å². The van der Waals surface area contributed by atoms with Crippen LogP contribution in [0.3, 0.4) is 0 Å². The van der Waals surface area contributed by atoms with Gasteiger partial charge in [0.15, 0.2) is 0 Å². The summed E-state index contributed by atoms with van der Waals surface area (Å²) in [6.07, 6.45) is 0. The molecule has 2 rings (SSSR count). The summed E-state index contributed by atoms with van der Waals surface area (Å²) in [6, 6.07) is 9.41. The lowest BCUT2D eigenvalue weighted by Gasteiger charge is -2.14. The molecule has 0 unspecified atom stereocenters. The summed E-state index contributed by atoms with van der Waals surface area (Å²) in [5, 5.41) is 0. The Morgan fingerprint density at radius 2 is 1.36 bits per heavy atom. The number of nitrogens with one attached hydrogen (secondary N) is 2. The Labute approximate surface area is 149 Å². The van der Waals surface area contributed by atoms with Crippen LogP contribution in [-0.4, -0.2) is 22.6 Å². The van der Waals surface area contributed by atoms with E-state index >= 15 is 0 Å². The molecule has 6 nitrogen and oxygen atoms in total. The highest BCUT2D eigenvalue weighted by atomic mass is 32.2. The molecule has 0 bridgehead atoms. The second-order valence-corrected chi connectivity index (χ2v) is 9.60. The largest absolute Gasteiger partial charge is 0.284 e. The van der Waals surface area contributed by atoms with Gasteiger partial charge in [0.25, 0.3) is 10.0 Å². The Bertz CT molecular complexity index is 957. The van der Waals surface area contributed by atoms with Gasteiger partial charge in [-0.2, -0.15) is 0 Å². The first-order valence-electron chi connectivity index (χ1n) is 7.75. The average molecular weight is 383 g/mol. The predicted molar refractivity (Wildman–Crippen MR) is 101 cm³/mol. The minimum atomic E-state index is -3.76. The maximum absolute atomic E-state index is 12.6. The highest BCUT2D eigenvalue weighted by Gasteiger charge is 2.17. The molecule has 25 heavy (non-hydrogen) atoms. The maximum atomic E-state index is 12.6. The smallest absolute Gasteiger partial charge is 0.261 e. The summed E-state index contributed by atoms with van der Waals surface area (Å²) in [7, 11) is -7.16. The van der Waals surface area contributed by atoms with Gasteiger partial charge in [0, 0.05) is 5.69 Å². The molecule has 0 spiro atoms. The van der Waals surface area contributed by atoms with Crippen molar-refractivity contribution < 1.29 is 16.8 Å². The van der Waals surface area contributed by atoms with Gasteiger partial charge in [-0.25, -0.2) is 16.8 Å². The minimum Gasteiger partial charge on any atom is -0.284 e. The van der Waals surface area contributed by atoms with E-state index in [1.54, 1.807) is 0 Å². The topological polar surface area (TPSA) is 92.3 Å². The first kappa shape index (κ1) is 19.3. The SMILES string of the molecule is CCS(=O)(=O)Nc1ccc(S(=O)(=O)Nc2c(C)cc(C)cc2C)cc1. The quantitative estimate of drug-likeness (QED) is 0.802. The van der Waals surface area contributed by atoms with E-state index < -0.39 is 20.0 Å². The lowest BCUT2D eigenvalue weighted by Crippen LogP contribution is -2.16. The van der Waals surface area contributed by atoms with Crippen molar-refractivity contribution in [3.05, 3.63) is 53.1 Å². The Morgan fingerprint density at radius 3 is 1.84 bits per heavy atom. The summed E-state index contributed by atoms with van der Waals surface area (Å²) >= 11 is 0. The van der Waals surface area contributed by atoms with Gasteiger partial charge in [0.2, 0.25) is 10.0 Å². The average Bonchev–Trinajstić information content (AvgIpc) is 2.51. The highest BCUT2D eigenvalue weighted by molar-refractivity contribution is 7.93. The van der Waals surface area contributed by atoms with Gasteiger partial charge in [0.05, 0.1) is 16.3 Å². The first-order chi connectivity index (χ1) is 11.5. The molecule has 0 heterocycles. The number of hydrogen-bond donors (Lipinski definition) is 2. The second-order valence-electron chi connectivity index (χ2n) is 5.91. The molecule has 0 saturated carbocycles. The number of aryl methyl sites for hydroxylation is 3. The fraction of sp³-hybridized carbons (Fsp3) is 0.294. The minimum absolute atomic E-state index is 0.0550. The molecule has 8 heteroatoms. The Morgan fingerprint density at radius 1 is 0.840 bits per heavy atom. The van der Waals surface area contributed by atoms with E-state index in [1.165, 1.54) is 31.2 Å². The highest BCUT2D eigenvalue weighted by Crippen LogP contribution is 2.25. The second kappa shape index (κ2) is 7.05. The molecule has 0 radical (unpaired) electrons. The Hall–Kier alpha value is -2.06. The van der Waals surface area contributed by atoms with E-state index in [0.29, 0.717) is 11.4 Å². The third-order valence-corrected chi connectivity index (χ3v) is 6.40. The summed E-state index contributed by atoms with van der Waals surface area (Å²) in [6.45, 7) is 7.17. The molecule has 0 amide bonds. The van der Waals surface area contributed by atoms with Crippen LogP contribution in [0.2, 0.25) is 0 Å². The maximum Gasteiger partial charge on any atom is 0.261 e.